The minimum atomic E-state index is -1.03. The number of amides is 1. The Balaban J connectivity index is 2.10. The number of carboxylic acid groups (broad SMARTS) is 1. The van der Waals surface area contributed by atoms with E-state index in [0.29, 0.717) is 26.0 Å². The fourth-order valence-corrected chi connectivity index (χ4v) is 1.69. The van der Waals surface area contributed by atoms with Crippen molar-refractivity contribution in [2.24, 2.45) is 5.73 Å². The van der Waals surface area contributed by atoms with Crippen LogP contribution in [-0.4, -0.2) is 53.2 Å². The number of aliphatic carboxylic acids is 1. The van der Waals surface area contributed by atoms with Gasteiger partial charge in [-0.05, 0) is 12.8 Å². The zero-order valence-corrected chi connectivity index (χ0v) is 8.31. The molecule has 1 aliphatic carbocycles. The van der Waals surface area contributed by atoms with Gasteiger partial charge in [0, 0.05) is 6.54 Å². The second-order valence-corrected chi connectivity index (χ2v) is 4.08. The zero-order chi connectivity index (χ0) is 11.1. The third kappa shape index (κ3) is 1.82. The summed E-state index contributed by atoms with van der Waals surface area (Å²) in [7, 11) is 0. The molecule has 1 aliphatic heterocycles. The molecule has 2 aliphatic rings. The molecular weight excluding hydrogens is 200 g/mol. The van der Waals surface area contributed by atoms with Crippen molar-refractivity contribution in [2.45, 2.75) is 24.4 Å². The third-order valence-corrected chi connectivity index (χ3v) is 2.89. The predicted octanol–water partition coefficient (Wildman–Crippen LogP) is -1.21. The molecule has 6 heteroatoms. The molecule has 0 spiro atoms. The van der Waals surface area contributed by atoms with Gasteiger partial charge in [-0.1, -0.05) is 0 Å². The second-order valence-electron chi connectivity index (χ2n) is 4.08. The summed E-state index contributed by atoms with van der Waals surface area (Å²) in [6.07, 6.45) is 1.30. The van der Waals surface area contributed by atoms with E-state index in [1.165, 1.54) is 4.90 Å². The first-order valence-corrected chi connectivity index (χ1v) is 4.95. The zero-order valence-electron chi connectivity index (χ0n) is 8.31. The van der Waals surface area contributed by atoms with Gasteiger partial charge in [0.25, 0.3) is 0 Å². The third-order valence-electron chi connectivity index (χ3n) is 2.89. The van der Waals surface area contributed by atoms with Gasteiger partial charge < -0.3 is 20.5 Å². The van der Waals surface area contributed by atoms with Crippen molar-refractivity contribution in [1.82, 2.24) is 4.90 Å². The van der Waals surface area contributed by atoms with Crippen LogP contribution in [0.25, 0.3) is 0 Å². The lowest BCUT2D eigenvalue weighted by atomic mass is 10.1. The van der Waals surface area contributed by atoms with E-state index in [1.807, 2.05) is 0 Å². The van der Waals surface area contributed by atoms with E-state index in [1.54, 1.807) is 0 Å². The van der Waals surface area contributed by atoms with Gasteiger partial charge in [-0.15, -0.1) is 0 Å². The molecule has 6 nitrogen and oxygen atoms in total. The molecule has 3 N–H and O–H groups in total. The highest BCUT2D eigenvalue weighted by molar-refractivity contribution is 5.92. The van der Waals surface area contributed by atoms with E-state index in [0.717, 1.165) is 0 Å². The molecular formula is C9H14N2O4. The Bertz CT molecular complexity index is 300. The molecule has 0 radical (unpaired) electrons. The molecule has 0 aromatic rings. The number of ether oxygens (including phenoxy) is 1. The van der Waals surface area contributed by atoms with Gasteiger partial charge in [-0.25, -0.2) is 4.79 Å². The number of carboxylic acids is 1. The van der Waals surface area contributed by atoms with Crippen LogP contribution in [0.15, 0.2) is 0 Å². The largest absolute Gasteiger partial charge is 0.480 e. The second kappa shape index (κ2) is 3.46. The lowest BCUT2D eigenvalue weighted by Gasteiger charge is -2.34. The molecule has 0 bridgehead atoms. The summed E-state index contributed by atoms with van der Waals surface area (Å²) in [6.45, 7) is 0.748. The van der Waals surface area contributed by atoms with Crippen molar-refractivity contribution in [2.75, 3.05) is 19.8 Å². The van der Waals surface area contributed by atoms with Crippen molar-refractivity contribution < 1.29 is 19.4 Å². The summed E-state index contributed by atoms with van der Waals surface area (Å²) in [5, 5.41) is 8.93. The lowest BCUT2D eigenvalue weighted by Crippen LogP contribution is -2.57. The van der Waals surface area contributed by atoms with E-state index >= 15 is 0 Å². The summed E-state index contributed by atoms with van der Waals surface area (Å²) < 4.78 is 5.04. The molecule has 0 aromatic heterocycles. The number of hydrogen-bond donors (Lipinski definition) is 2. The number of carbonyl (C=O) groups is 2. The Hall–Kier alpha value is -1.14. The van der Waals surface area contributed by atoms with Crippen molar-refractivity contribution in [3.8, 4) is 0 Å². The van der Waals surface area contributed by atoms with E-state index < -0.39 is 17.6 Å². The summed E-state index contributed by atoms with van der Waals surface area (Å²) in [6, 6.07) is -0.882. The highest BCUT2D eigenvalue weighted by atomic mass is 16.5. The van der Waals surface area contributed by atoms with Gasteiger partial charge in [0.15, 0.2) is 6.04 Å². The van der Waals surface area contributed by atoms with Crippen molar-refractivity contribution >= 4 is 11.9 Å². The van der Waals surface area contributed by atoms with E-state index in [9.17, 15) is 9.59 Å². The van der Waals surface area contributed by atoms with Crippen LogP contribution in [0.1, 0.15) is 12.8 Å². The number of nitrogens with two attached hydrogens (primary N) is 1. The van der Waals surface area contributed by atoms with Crippen molar-refractivity contribution in [1.29, 1.82) is 0 Å². The number of rotatable bonds is 2. The fraction of sp³-hybridized carbons (Fsp3) is 0.778. The van der Waals surface area contributed by atoms with Crippen LogP contribution in [0.2, 0.25) is 0 Å². The maximum absolute atomic E-state index is 11.9. The van der Waals surface area contributed by atoms with Gasteiger partial charge >= 0.3 is 5.97 Å². The highest BCUT2D eigenvalue weighted by Gasteiger charge is 2.50. The predicted molar refractivity (Wildman–Crippen MR) is 50.1 cm³/mol. The summed E-state index contributed by atoms with van der Waals surface area (Å²) in [5.74, 6) is -1.29. The molecule has 2 fully saturated rings. The number of hydrogen-bond acceptors (Lipinski definition) is 4. The Morgan fingerprint density at radius 1 is 1.47 bits per heavy atom. The van der Waals surface area contributed by atoms with Gasteiger partial charge in [-0.3, -0.25) is 4.79 Å². The van der Waals surface area contributed by atoms with Crippen LogP contribution in [0, 0.1) is 0 Å². The van der Waals surface area contributed by atoms with Crippen LogP contribution in [0.3, 0.4) is 0 Å². The van der Waals surface area contributed by atoms with Gasteiger partial charge in [-0.2, -0.15) is 0 Å². The van der Waals surface area contributed by atoms with Crippen molar-refractivity contribution in [3.63, 3.8) is 0 Å². The first kappa shape index (κ1) is 10.4. The maximum Gasteiger partial charge on any atom is 0.328 e. The number of morpholine rings is 1. The first-order valence-electron chi connectivity index (χ1n) is 4.95. The fourth-order valence-electron chi connectivity index (χ4n) is 1.69. The molecule has 1 saturated carbocycles. The molecule has 2 rings (SSSR count). The molecule has 1 heterocycles. The Morgan fingerprint density at radius 3 is 2.67 bits per heavy atom. The van der Waals surface area contributed by atoms with Crippen LogP contribution < -0.4 is 5.73 Å². The molecule has 84 valence electrons. The van der Waals surface area contributed by atoms with Crippen molar-refractivity contribution in [3.05, 3.63) is 0 Å². The van der Waals surface area contributed by atoms with E-state index in [4.69, 9.17) is 15.6 Å². The van der Waals surface area contributed by atoms with Crippen LogP contribution in [-0.2, 0) is 14.3 Å². The standard InChI is InChI=1S/C9H14N2O4/c10-9(1-2-9)8(14)11-3-4-15-5-6(11)7(12)13/h6H,1-5,10H2,(H,12,13). The smallest absolute Gasteiger partial charge is 0.328 e. The Labute approximate surface area is 87.0 Å². The highest BCUT2D eigenvalue weighted by Crippen LogP contribution is 2.35. The topological polar surface area (TPSA) is 92.9 Å². The van der Waals surface area contributed by atoms with Crippen LogP contribution in [0.5, 0.6) is 0 Å². The summed E-state index contributed by atoms with van der Waals surface area (Å²) in [5.41, 5.74) is 4.96. The average molecular weight is 214 g/mol. The van der Waals surface area contributed by atoms with Gasteiger partial charge in [0.1, 0.15) is 0 Å². The van der Waals surface area contributed by atoms with Crippen LogP contribution >= 0.6 is 0 Å². The van der Waals surface area contributed by atoms with Gasteiger partial charge in [0.05, 0.1) is 18.8 Å². The molecule has 1 saturated heterocycles. The Kier molecular flexibility index (Phi) is 2.40. The van der Waals surface area contributed by atoms with E-state index in [2.05, 4.69) is 0 Å². The minimum Gasteiger partial charge on any atom is -0.480 e. The summed E-state index contributed by atoms with van der Waals surface area (Å²) >= 11 is 0. The normalized spacial score (nSPS) is 28.6. The number of carbonyl (C=O) groups excluding carboxylic acids is 1. The number of nitrogens with zero attached hydrogens (tertiary/aromatic N) is 1. The first-order chi connectivity index (χ1) is 7.04. The molecule has 1 unspecified atom stereocenters. The lowest BCUT2D eigenvalue weighted by molar-refractivity contribution is -0.159. The van der Waals surface area contributed by atoms with E-state index in [-0.39, 0.29) is 12.5 Å². The minimum absolute atomic E-state index is 0.0527. The molecule has 0 aromatic carbocycles. The average Bonchev–Trinajstić information content (AvgIpc) is 2.96. The monoisotopic (exact) mass is 214 g/mol. The molecule has 1 atom stereocenters. The molecule has 1 amide bonds. The van der Waals surface area contributed by atoms with Gasteiger partial charge in [0.2, 0.25) is 5.91 Å². The summed E-state index contributed by atoms with van der Waals surface area (Å²) in [4.78, 5) is 24.1. The Morgan fingerprint density at radius 2 is 2.13 bits per heavy atom. The van der Waals surface area contributed by atoms with Crippen LogP contribution in [0.4, 0.5) is 0 Å². The SMILES string of the molecule is NC1(C(=O)N2CCOCC2C(=O)O)CC1. The quantitative estimate of drug-likeness (QED) is 0.601. The maximum atomic E-state index is 11.9. The molecule has 15 heavy (non-hydrogen) atoms.